The fourth-order valence-electron chi connectivity index (χ4n) is 2.35. The number of carbonyl (C=O) groups is 1. The summed E-state index contributed by atoms with van der Waals surface area (Å²) >= 11 is 16.5. The number of hydrogen-bond donors (Lipinski definition) is 2. The Hall–Kier alpha value is -3.79. The lowest BCUT2D eigenvalue weighted by Crippen LogP contribution is -1.93. The molecule has 0 atom stereocenters. The molecule has 2 aromatic carbocycles. The molecule has 0 aliphatic heterocycles. The number of rotatable bonds is 2. The van der Waals surface area contributed by atoms with Crippen LogP contribution in [0.3, 0.4) is 0 Å². The van der Waals surface area contributed by atoms with Crippen molar-refractivity contribution in [2.24, 2.45) is 0 Å². The molecule has 0 spiro atoms. The summed E-state index contributed by atoms with van der Waals surface area (Å²) in [5.41, 5.74) is 7.84. The quantitative estimate of drug-likeness (QED) is 0.223. The molecule has 3 N–H and O–H groups in total. The number of nitrogens with two attached hydrogens (primary N) is 1. The molecule has 0 saturated carbocycles. The Morgan fingerprint density at radius 3 is 1.97 bits per heavy atom. The van der Waals surface area contributed by atoms with Crippen molar-refractivity contribution in [2.75, 3.05) is 5.73 Å². The minimum Gasteiger partial charge on any atom is -0.478 e. The Morgan fingerprint density at radius 2 is 1.41 bits per heavy atom. The highest BCUT2D eigenvalue weighted by Crippen LogP contribution is 2.22. The second-order valence-corrected chi connectivity index (χ2v) is 7.30. The maximum absolute atomic E-state index is 10.2. The SMILES string of the molecule is Clc1ncc2nc(-c3ccccc3)oc2n1.Nc1cnc(Cl)nc1Cl.O=C(O)c1ccccc1. The normalized spacial score (nSPS) is 9.97. The van der Waals surface area contributed by atoms with Crippen LogP contribution in [0.15, 0.2) is 77.5 Å². The highest BCUT2D eigenvalue weighted by molar-refractivity contribution is 6.33. The maximum atomic E-state index is 10.2. The fraction of sp³-hybridized carbons (Fsp3) is 0. The zero-order valence-electron chi connectivity index (χ0n) is 17.1. The maximum Gasteiger partial charge on any atom is 0.335 e. The first-order chi connectivity index (χ1) is 16.3. The number of hydrogen-bond acceptors (Lipinski definition) is 8. The summed E-state index contributed by atoms with van der Waals surface area (Å²) in [4.78, 5) is 29.4. The molecular formula is C22H15Cl3N6O3. The summed E-state index contributed by atoms with van der Waals surface area (Å²) in [6, 6.07) is 17.9. The van der Waals surface area contributed by atoms with Crippen LogP contribution in [0.2, 0.25) is 15.7 Å². The van der Waals surface area contributed by atoms with Crippen LogP contribution < -0.4 is 5.73 Å². The highest BCUT2D eigenvalue weighted by Gasteiger charge is 2.09. The number of benzene rings is 2. The Morgan fingerprint density at radius 1 is 0.824 bits per heavy atom. The van der Waals surface area contributed by atoms with E-state index in [2.05, 4.69) is 24.9 Å². The molecule has 0 fully saturated rings. The standard InChI is InChI=1S/C11H6ClN3O.C7H6O2.C4H3Cl2N3/c12-11-13-6-8-10(15-11)16-9(14-8)7-4-2-1-3-5-7;8-7(9)6-4-2-1-3-5-6;5-3-2(7)1-8-4(6)9-3/h1-6H;1-5H,(H,8,9);1H,7H2. The first-order valence-corrected chi connectivity index (χ1v) is 10.5. The lowest BCUT2D eigenvalue weighted by molar-refractivity contribution is 0.0697. The molecule has 0 amide bonds. The number of aromatic carboxylic acids is 1. The van der Waals surface area contributed by atoms with E-state index in [0.29, 0.717) is 28.4 Å². The minimum atomic E-state index is -0.879. The van der Waals surface area contributed by atoms with Crippen LogP contribution in [0.5, 0.6) is 0 Å². The number of halogens is 3. The van der Waals surface area contributed by atoms with E-state index < -0.39 is 5.97 Å². The van der Waals surface area contributed by atoms with Crippen molar-refractivity contribution in [3.8, 4) is 11.5 Å². The van der Waals surface area contributed by atoms with Crippen LogP contribution >= 0.6 is 34.8 Å². The molecule has 3 aromatic heterocycles. The van der Waals surface area contributed by atoms with Crippen molar-refractivity contribution in [2.45, 2.75) is 0 Å². The van der Waals surface area contributed by atoms with Crippen molar-refractivity contribution in [3.63, 3.8) is 0 Å². The molecule has 3 heterocycles. The third-order valence-electron chi connectivity index (χ3n) is 3.90. The predicted octanol–water partition coefficient (Wildman–Crippen LogP) is 5.69. The monoisotopic (exact) mass is 516 g/mol. The summed E-state index contributed by atoms with van der Waals surface area (Å²) < 4.78 is 5.49. The molecule has 0 unspecified atom stereocenters. The molecule has 5 rings (SSSR count). The van der Waals surface area contributed by atoms with Crippen LogP contribution in [0.1, 0.15) is 10.4 Å². The van der Waals surface area contributed by atoms with E-state index in [-0.39, 0.29) is 15.7 Å². The molecule has 0 radical (unpaired) electrons. The highest BCUT2D eigenvalue weighted by atomic mass is 35.5. The van der Waals surface area contributed by atoms with Crippen LogP contribution in [0, 0.1) is 0 Å². The Labute approximate surface area is 208 Å². The Kier molecular flexibility index (Phi) is 8.69. The number of carboxylic acids is 1. The van der Waals surface area contributed by atoms with Crippen molar-refractivity contribution in [1.29, 1.82) is 0 Å². The van der Waals surface area contributed by atoms with E-state index in [1.807, 2.05) is 30.3 Å². The van der Waals surface area contributed by atoms with Gasteiger partial charge in [0.05, 0.1) is 23.6 Å². The van der Waals surface area contributed by atoms with Crippen molar-refractivity contribution >= 4 is 57.7 Å². The minimum absolute atomic E-state index is 0.106. The van der Waals surface area contributed by atoms with Gasteiger partial charge in [-0.15, -0.1) is 0 Å². The van der Waals surface area contributed by atoms with Gasteiger partial charge in [-0.25, -0.2) is 24.7 Å². The Bertz CT molecular complexity index is 1390. The second kappa shape index (κ2) is 11.9. The molecule has 34 heavy (non-hydrogen) atoms. The molecule has 0 bridgehead atoms. The zero-order chi connectivity index (χ0) is 24.5. The lowest BCUT2D eigenvalue weighted by atomic mass is 10.2. The van der Waals surface area contributed by atoms with Gasteiger partial charge in [0.1, 0.15) is 5.52 Å². The van der Waals surface area contributed by atoms with Gasteiger partial charge in [0.15, 0.2) is 5.15 Å². The average molecular weight is 518 g/mol. The summed E-state index contributed by atoms with van der Waals surface area (Å²) in [7, 11) is 0. The van der Waals surface area contributed by atoms with E-state index in [4.69, 9.17) is 50.1 Å². The van der Waals surface area contributed by atoms with Gasteiger partial charge in [0.25, 0.3) is 5.71 Å². The summed E-state index contributed by atoms with van der Waals surface area (Å²) in [5, 5.41) is 8.84. The van der Waals surface area contributed by atoms with Gasteiger partial charge < -0.3 is 15.3 Å². The van der Waals surface area contributed by atoms with Crippen LogP contribution in [0.25, 0.3) is 22.7 Å². The number of nitrogens with zero attached hydrogens (tertiary/aromatic N) is 5. The smallest absolute Gasteiger partial charge is 0.335 e. The molecule has 5 aromatic rings. The zero-order valence-corrected chi connectivity index (χ0v) is 19.4. The number of nitrogen functional groups attached to an aromatic ring is 1. The van der Waals surface area contributed by atoms with E-state index in [9.17, 15) is 4.79 Å². The molecule has 0 saturated heterocycles. The number of aromatic nitrogens is 5. The van der Waals surface area contributed by atoms with E-state index in [1.54, 1.807) is 36.5 Å². The van der Waals surface area contributed by atoms with Crippen molar-refractivity contribution in [3.05, 3.63) is 94.3 Å². The molecule has 0 aliphatic rings. The van der Waals surface area contributed by atoms with Gasteiger partial charge >= 0.3 is 5.97 Å². The number of anilines is 1. The molecular weight excluding hydrogens is 503 g/mol. The predicted molar refractivity (Wildman–Crippen MR) is 130 cm³/mol. The number of oxazole rings is 1. The number of fused-ring (bicyclic) bond motifs is 1. The van der Waals surface area contributed by atoms with Crippen molar-refractivity contribution < 1.29 is 14.3 Å². The lowest BCUT2D eigenvalue weighted by Gasteiger charge is -1.92. The van der Waals surface area contributed by atoms with Crippen molar-refractivity contribution in [1.82, 2.24) is 24.9 Å². The van der Waals surface area contributed by atoms with Gasteiger partial charge in [-0.05, 0) is 47.5 Å². The third kappa shape index (κ3) is 7.11. The van der Waals surface area contributed by atoms with E-state index in [1.165, 1.54) is 6.20 Å². The van der Waals surface area contributed by atoms with Crippen LogP contribution in [-0.2, 0) is 0 Å². The third-order valence-corrected chi connectivity index (χ3v) is 4.57. The fourth-order valence-corrected chi connectivity index (χ4v) is 2.78. The summed E-state index contributed by atoms with van der Waals surface area (Å²) in [6.07, 6.45) is 2.90. The molecule has 172 valence electrons. The molecule has 0 aliphatic carbocycles. The first-order valence-electron chi connectivity index (χ1n) is 9.40. The topological polar surface area (TPSA) is 141 Å². The second-order valence-electron chi connectivity index (χ2n) is 6.27. The van der Waals surface area contributed by atoms with E-state index in [0.717, 1.165) is 5.56 Å². The Balaban J connectivity index is 0.000000155. The molecule has 12 heteroatoms. The first kappa shape index (κ1) is 24.8. The van der Waals surface area contributed by atoms with E-state index >= 15 is 0 Å². The van der Waals surface area contributed by atoms with Crippen LogP contribution in [0.4, 0.5) is 5.69 Å². The largest absolute Gasteiger partial charge is 0.478 e. The van der Waals surface area contributed by atoms with Crippen LogP contribution in [-0.4, -0.2) is 36.0 Å². The van der Waals surface area contributed by atoms with Gasteiger partial charge in [0.2, 0.25) is 16.5 Å². The molecule has 9 nitrogen and oxygen atoms in total. The van der Waals surface area contributed by atoms with Gasteiger partial charge in [-0.1, -0.05) is 48.0 Å². The van der Waals surface area contributed by atoms with Gasteiger partial charge in [-0.3, -0.25) is 0 Å². The average Bonchev–Trinajstić information content (AvgIpc) is 3.27. The van der Waals surface area contributed by atoms with Gasteiger partial charge in [-0.2, -0.15) is 4.98 Å². The summed E-state index contributed by atoms with van der Waals surface area (Å²) in [5.74, 6) is -0.359. The summed E-state index contributed by atoms with van der Waals surface area (Å²) in [6.45, 7) is 0. The number of carboxylic acid groups (broad SMARTS) is 1. The van der Waals surface area contributed by atoms with Gasteiger partial charge in [0, 0.05) is 5.56 Å².